The van der Waals surface area contributed by atoms with Gasteiger partial charge in [-0.05, 0) is 31.2 Å². The van der Waals surface area contributed by atoms with E-state index in [-0.39, 0.29) is 6.04 Å². The lowest BCUT2D eigenvalue weighted by atomic mass is 10.1. The molecule has 2 rings (SSSR count). The number of aromatic nitrogens is 2. The zero-order valence-electron chi connectivity index (χ0n) is 9.37. The Hall–Kier alpha value is -1.03. The summed E-state index contributed by atoms with van der Waals surface area (Å²) in [5.41, 5.74) is 0.937. The maximum Gasteiger partial charge on any atom is 0.123 e. The topological polar surface area (TPSA) is 40.7 Å². The molecule has 0 saturated carbocycles. The molecule has 5 heteroatoms. The predicted octanol–water partition coefficient (Wildman–Crippen LogP) is 3.22. The van der Waals surface area contributed by atoms with Gasteiger partial charge < -0.3 is 10.3 Å². The molecule has 0 saturated heterocycles. The zero-order valence-corrected chi connectivity index (χ0v) is 10.9. The van der Waals surface area contributed by atoms with Crippen molar-refractivity contribution in [3.8, 4) is 0 Å². The highest BCUT2D eigenvalue weighted by atomic mass is 35.5. The monoisotopic (exact) mass is 269 g/mol. The first kappa shape index (κ1) is 12.4. The number of hydrogen-bond donors (Lipinski definition) is 2. The minimum atomic E-state index is 0.0717. The summed E-state index contributed by atoms with van der Waals surface area (Å²) in [6, 6.07) is 5.60. The molecule has 1 aromatic heterocycles. The van der Waals surface area contributed by atoms with Gasteiger partial charge in [0, 0.05) is 22.4 Å². The number of halogens is 2. The lowest BCUT2D eigenvalue weighted by Gasteiger charge is -2.15. The second-order valence-corrected chi connectivity index (χ2v) is 4.53. The molecule has 2 N–H and O–H groups in total. The van der Waals surface area contributed by atoms with Crippen LogP contribution in [-0.2, 0) is 6.42 Å². The first-order chi connectivity index (χ1) is 8.22. The smallest absolute Gasteiger partial charge is 0.123 e. The third kappa shape index (κ3) is 2.80. The van der Waals surface area contributed by atoms with Crippen molar-refractivity contribution in [2.45, 2.75) is 12.5 Å². The van der Waals surface area contributed by atoms with Crippen molar-refractivity contribution in [1.29, 1.82) is 0 Å². The average molecular weight is 270 g/mol. The minimum Gasteiger partial charge on any atom is -0.347 e. The van der Waals surface area contributed by atoms with Crippen molar-refractivity contribution in [2.24, 2.45) is 0 Å². The number of nitrogens with one attached hydrogen (secondary N) is 2. The Balaban J connectivity index is 2.25. The van der Waals surface area contributed by atoms with Gasteiger partial charge in [0.25, 0.3) is 0 Å². The zero-order chi connectivity index (χ0) is 12.3. The molecule has 1 unspecified atom stereocenters. The van der Waals surface area contributed by atoms with Crippen LogP contribution in [0.15, 0.2) is 30.6 Å². The van der Waals surface area contributed by atoms with E-state index in [0.717, 1.165) is 11.4 Å². The van der Waals surface area contributed by atoms with Crippen LogP contribution in [0.2, 0.25) is 10.0 Å². The molecule has 1 aromatic carbocycles. The molecule has 17 heavy (non-hydrogen) atoms. The fourth-order valence-electron chi connectivity index (χ4n) is 1.73. The molecule has 90 valence electrons. The molecule has 0 fully saturated rings. The molecule has 1 atom stereocenters. The Morgan fingerprint density at radius 1 is 1.35 bits per heavy atom. The molecular weight excluding hydrogens is 257 g/mol. The van der Waals surface area contributed by atoms with E-state index >= 15 is 0 Å². The van der Waals surface area contributed by atoms with Crippen LogP contribution in [0.3, 0.4) is 0 Å². The van der Waals surface area contributed by atoms with Crippen LogP contribution in [0.1, 0.15) is 17.4 Å². The summed E-state index contributed by atoms with van der Waals surface area (Å²) in [5, 5.41) is 4.57. The Labute approximate surface area is 110 Å². The van der Waals surface area contributed by atoms with Crippen LogP contribution in [0.4, 0.5) is 0 Å². The summed E-state index contributed by atoms with van der Waals surface area (Å²) in [6.45, 7) is 0. The van der Waals surface area contributed by atoms with Gasteiger partial charge in [-0.1, -0.05) is 29.3 Å². The van der Waals surface area contributed by atoms with Crippen molar-refractivity contribution in [3.05, 3.63) is 52.0 Å². The van der Waals surface area contributed by atoms with Gasteiger partial charge in [-0.2, -0.15) is 0 Å². The lowest BCUT2D eigenvalue weighted by Crippen LogP contribution is -2.20. The number of likely N-dealkylation sites (N-methyl/N-ethyl adjacent to an activating group) is 1. The van der Waals surface area contributed by atoms with E-state index in [1.54, 1.807) is 12.4 Å². The van der Waals surface area contributed by atoms with E-state index in [1.807, 2.05) is 25.2 Å². The quantitative estimate of drug-likeness (QED) is 0.895. The Morgan fingerprint density at radius 3 is 2.59 bits per heavy atom. The van der Waals surface area contributed by atoms with Crippen LogP contribution in [-0.4, -0.2) is 17.0 Å². The molecule has 0 bridgehead atoms. The molecule has 0 aliphatic carbocycles. The number of imidazole rings is 1. The molecule has 0 aliphatic rings. The van der Waals surface area contributed by atoms with E-state index in [2.05, 4.69) is 15.3 Å². The van der Waals surface area contributed by atoms with Gasteiger partial charge in [-0.15, -0.1) is 0 Å². The van der Waals surface area contributed by atoms with Crippen molar-refractivity contribution in [3.63, 3.8) is 0 Å². The first-order valence-electron chi connectivity index (χ1n) is 5.31. The van der Waals surface area contributed by atoms with Crippen LogP contribution < -0.4 is 5.32 Å². The van der Waals surface area contributed by atoms with E-state index in [0.29, 0.717) is 16.5 Å². The van der Waals surface area contributed by atoms with Crippen LogP contribution in [0, 0.1) is 0 Å². The Bertz CT molecular complexity index is 462. The van der Waals surface area contributed by atoms with E-state index in [4.69, 9.17) is 23.2 Å². The summed E-state index contributed by atoms with van der Waals surface area (Å²) in [6.07, 6.45) is 4.23. The second kappa shape index (κ2) is 5.54. The fraction of sp³-hybridized carbons (Fsp3) is 0.250. The maximum absolute atomic E-state index is 6.15. The van der Waals surface area contributed by atoms with Crippen LogP contribution in [0.25, 0.3) is 0 Å². The number of nitrogens with zero attached hydrogens (tertiary/aromatic N) is 1. The van der Waals surface area contributed by atoms with Crippen LogP contribution in [0.5, 0.6) is 0 Å². The third-order valence-electron chi connectivity index (χ3n) is 2.67. The van der Waals surface area contributed by atoms with E-state index < -0.39 is 0 Å². The van der Waals surface area contributed by atoms with Gasteiger partial charge >= 0.3 is 0 Å². The predicted molar refractivity (Wildman–Crippen MR) is 70.6 cm³/mol. The lowest BCUT2D eigenvalue weighted by molar-refractivity contribution is 0.563. The summed E-state index contributed by atoms with van der Waals surface area (Å²) >= 11 is 12.3. The van der Waals surface area contributed by atoms with E-state index in [9.17, 15) is 0 Å². The largest absolute Gasteiger partial charge is 0.347 e. The SMILES string of the molecule is CNC(Cc1c(Cl)cccc1Cl)c1ncc[nH]1. The first-order valence-corrected chi connectivity index (χ1v) is 6.07. The van der Waals surface area contributed by atoms with Gasteiger partial charge in [0.1, 0.15) is 5.82 Å². The molecule has 0 amide bonds. The molecule has 0 radical (unpaired) electrons. The molecule has 3 nitrogen and oxygen atoms in total. The Kier molecular flexibility index (Phi) is 4.05. The summed E-state index contributed by atoms with van der Waals surface area (Å²) < 4.78 is 0. The van der Waals surface area contributed by atoms with Gasteiger partial charge in [0.05, 0.1) is 6.04 Å². The fourth-order valence-corrected chi connectivity index (χ4v) is 2.29. The number of hydrogen-bond acceptors (Lipinski definition) is 2. The number of rotatable bonds is 4. The summed E-state index contributed by atoms with van der Waals surface area (Å²) in [5.74, 6) is 0.878. The summed E-state index contributed by atoms with van der Waals surface area (Å²) in [4.78, 5) is 7.33. The van der Waals surface area contributed by atoms with Gasteiger partial charge in [-0.25, -0.2) is 4.98 Å². The molecule has 0 spiro atoms. The highest BCUT2D eigenvalue weighted by Gasteiger charge is 2.16. The highest BCUT2D eigenvalue weighted by molar-refractivity contribution is 6.35. The van der Waals surface area contributed by atoms with Crippen molar-refractivity contribution in [2.75, 3.05) is 7.05 Å². The standard InChI is InChI=1S/C12H13Cl2N3/c1-15-11(12-16-5-6-17-12)7-8-9(13)3-2-4-10(8)14/h2-6,11,15H,7H2,1H3,(H,16,17). The summed E-state index contributed by atoms with van der Waals surface area (Å²) in [7, 11) is 1.89. The van der Waals surface area contributed by atoms with Gasteiger partial charge in [0.15, 0.2) is 0 Å². The van der Waals surface area contributed by atoms with Gasteiger partial charge in [0.2, 0.25) is 0 Å². The Morgan fingerprint density at radius 2 is 2.06 bits per heavy atom. The van der Waals surface area contributed by atoms with Gasteiger partial charge in [-0.3, -0.25) is 0 Å². The molecule has 0 aliphatic heterocycles. The normalized spacial score (nSPS) is 12.6. The number of benzene rings is 1. The highest BCUT2D eigenvalue weighted by Crippen LogP contribution is 2.28. The molecular formula is C12H13Cl2N3. The van der Waals surface area contributed by atoms with Crippen molar-refractivity contribution < 1.29 is 0 Å². The number of aromatic amines is 1. The average Bonchev–Trinajstić information content (AvgIpc) is 2.82. The minimum absolute atomic E-state index is 0.0717. The number of H-pyrrole nitrogens is 1. The van der Waals surface area contributed by atoms with Crippen molar-refractivity contribution in [1.82, 2.24) is 15.3 Å². The van der Waals surface area contributed by atoms with Crippen molar-refractivity contribution >= 4 is 23.2 Å². The second-order valence-electron chi connectivity index (χ2n) is 3.72. The molecule has 1 heterocycles. The maximum atomic E-state index is 6.15. The third-order valence-corrected chi connectivity index (χ3v) is 3.38. The molecule has 2 aromatic rings. The van der Waals surface area contributed by atoms with Crippen LogP contribution >= 0.6 is 23.2 Å². The van der Waals surface area contributed by atoms with E-state index in [1.165, 1.54) is 0 Å².